The Bertz CT molecular complexity index is 1530. The van der Waals surface area contributed by atoms with E-state index in [0.29, 0.717) is 33.7 Å². The van der Waals surface area contributed by atoms with Gasteiger partial charge in [-0.2, -0.15) is 0 Å². The molecule has 0 radical (unpaired) electrons. The molecule has 168 valence electrons. The number of nitrogens with zero attached hydrogens (tertiary/aromatic N) is 4. The van der Waals surface area contributed by atoms with Crippen LogP contribution >= 0.6 is 23.4 Å². The quantitative estimate of drug-likeness (QED) is 0.231. The first-order chi connectivity index (χ1) is 15.7. The molecule has 0 saturated carbocycles. The molecule has 7 nitrogen and oxygen atoms in total. The molecule has 0 N–H and O–H groups in total. The number of halogens is 1. The van der Waals surface area contributed by atoms with Crippen molar-refractivity contribution in [1.82, 2.24) is 20.0 Å². The van der Waals surface area contributed by atoms with Crippen molar-refractivity contribution in [2.75, 3.05) is 0 Å². The van der Waals surface area contributed by atoms with E-state index in [4.69, 9.17) is 20.4 Å². The second-order valence-electron chi connectivity index (χ2n) is 8.84. The van der Waals surface area contributed by atoms with Crippen LogP contribution in [0.15, 0.2) is 67.5 Å². The predicted octanol–water partition coefficient (Wildman–Crippen LogP) is 5.82. The van der Waals surface area contributed by atoms with Gasteiger partial charge >= 0.3 is 5.63 Å². The molecule has 0 unspecified atom stereocenters. The molecule has 5 aromatic rings. The van der Waals surface area contributed by atoms with Crippen molar-refractivity contribution in [1.29, 1.82) is 0 Å². The van der Waals surface area contributed by atoms with E-state index in [1.807, 2.05) is 18.3 Å². The number of hydrogen-bond acceptors (Lipinski definition) is 7. The fourth-order valence-electron chi connectivity index (χ4n) is 3.56. The zero-order valence-electron chi connectivity index (χ0n) is 18.3. The van der Waals surface area contributed by atoms with Crippen LogP contribution in [0, 0.1) is 0 Å². The van der Waals surface area contributed by atoms with Crippen LogP contribution < -0.4 is 5.63 Å². The maximum atomic E-state index is 12.1. The summed E-state index contributed by atoms with van der Waals surface area (Å²) in [7, 11) is 0. The summed E-state index contributed by atoms with van der Waals surface area (Å²) in [6, 6.07) is 12.8. The second kappa shape index (κ2) is 8.35. The molecule has 2 aromatic carbocycles. The highest BCUT2D eigenvalue weighted by Crippen LogP contribution is 2.29. The highest BCUT2D eigenvalue weighted by Gasteiger charge is 2.16. The smallest absolute Gasteiger partial charge is 0.336 e. The van der Waals surface area contributed by atoms with Crippen LogP contribution in [0.1, 0.15) is 37.6 Å². The summed E-state index contributed by atoms with van der Waals surface area (Å²) in [4.78, 5) is 16.5. The molecule has 0 spiro atoms. The molecule has 3 aromatic heterocycles. The van der Waals surface area contributed by atoms with Crippen molar-refractivity contribution < 1.29 is 8.83 Å². The zero-order valence-corrected chi connectivity index (χ0v) is 19.9. The molecule has 33 heavy (non-hydrogen) atoms. The van der Waals surface area contributed by atoms with Gasteiger partial charge in [-0.15, -0.1) is 5.10 Å². The van der Waals surface area contributed by atoms with E-state index >= 15 is 0 Å². The monoisotopic (exact) mass is 480 g/mol. The summed E-state index contributed by atoms with van der Waals surface area (Å²) < 4.78 is 12.9. The van der Waals surface area contributed by atoms with Gasteiger partial charge in [-0.25, -0.2) is 14.5 Å². The van der Waals surface area contributed by atoms with Gasteiger partial charge in [0.05, 0.1) is 12.2 Å². The third kappa shape index (κ3) is 4.67. The Kier molecular flexibility index (Phi) is 5.50. The van der Waals surface area contributed by atoms with Gasteiger partial charge in [0.25, 0.3) is 5.22 Å². The van der Waals surface area contributed by atoms with Crippen molar-refractivity contribution in [2.45, 2.75) is 43.7 Å². The highest BCUT2D eigenvalue weighted by atomic mass is 35.5. The highest BCUT2D eigenvalue weighted by molar-refractivity contribution is 7.98. The van der Waals surface area contributed by atoms with Crippen LogP contribution in [-0.4, -0.2) is 20.0 Å². The van der Waals surface area contributed by atoms with Gasteiger partial charge in [0, 0.05) is 28.4 Å². The molecule has 0 aliphatic carbocycles. The topological polar surface area (TPSA) is 87.0 Å². The normalized spacial score (nSPS) is 12.1. The lowest BCUT2D eigenvalue weighted by Crippen LogP contribution is -2.12. The minimum atomic E-state index is -0.382. The molecule has 5 rings (SSSR count). The number of fused-ring (bicyclic) bond motifs is 2. The molecule has 0 atom stereocenters. The first-order valence-corrected chi connectivity index (χ1v) is 11.8. The molecule has 0 amide bonds. The summed E-state index contributed by atoms with van der Waals surface area (Å²) >= 11 is 7.44. The average molecular weight is 481 g/mol. The minimum absolute atomic E-state index is 0.0186. The number of aromatic nitrogens is 4. The number of oxazole rings is 1. The molecule has 3 heterocycles. The summed E-state index contributed by atoms with van der Waals surface area (Å²) in [5.74, 6) is 0.548. The van der Waals surface area contributed by atoms with Gasteiger partial charge in [0.1, 0.15) is 11.1 Å². The molecule has 0 saturated heterocycles. The fraction of sp³-hybridized carbons (Fsp3) is 0.250. The van der Waals surface area contributed by atoms with E-state index < -0.39 is 0 Å². The van der Waals surface area contributed by atoms with Crippen LogP contribution in [0.3, 0.4) is 0 Å². The Hall–Kier alpha value is -3.10. The minimum Gasteiger partial charge on any atom is -0.431 e. The zero-order chi connectivity index (χ0) is 23.2. The van der Waals surface area contributed by atoms with Crippen molar-refractivity contribution in [3.05, 3.63) is 80.9 Å². The number of thioether (sulfide) groups is 1. The van der Waals surface area contributed by atoms with Crippen molar-refractivity contribution in [3.63, 3.8) is 0 Å². The molecular weight excluding hydrogens is 460 g/mol. The fourth-order valence-corrected chi connectivity index (χ4v) is 4.44. The van der Waals surface area contributed by atoms with E-state index in [-0.39, 0.29) is 11.0 Å². The largest absolute Gasteiger partial charge is 0.431 e. The predicted molar refractivity (Wildman–Crippen MR) is 129 cm³/mol. The van der Waals surface area contributed by atoms with Gasteiger partial charge < -0.3 is 8.83 Å². The van der Waals surface area contributed by atoms with Crippen molar-refractivity contribution >= 4 is 45.4 Å². The Labute approximate surface area is 198 Å². The van der Waals surface area contributed by atoms with E-state index in [9.17, 15) is 4.79 Å². The lowest BCUT2D eigenvalue weighted by molar-refractivity contribution is 0.489. The number of rotatable bonds is 5. The lowest BCUT2D eigenvalue weighted by Gasteiger charge is -2.19. The van der Waals surface area contributed by atoms with Gasteiger partial charge in [-0.1, -0.05) is 55.4 Å². The molecular formula is C24H21ClN4O3S. The van der Waals surface area contributed by atoms with Crippen LogP contribution in [0.25, 0.3) is 22.1 Å². The molecule has 0 aliphatic rings. The molecule has 0 bridgehead atoms. The summed E-state index contributed by atoms with van der Waals surface area (Å²) in [6.07, 6.45) is 1.86. The molecule has 0 aliphatic heterocycles. The third-order valence-electron chi connectivity index (χ3n) is 5.29. The Morgan fingerprint density at radius 2 is 1.88 bits per heavy atom. The standard InChI is InChI=1S/C24H21ClN4O3S/c1-24(2,3)15-4-6-20-18(9-15)14(8-22(30)31-20)11-29-12-17(27-28-29)13-33-23-26-19-10-16(25)5-7-21(19)32-23/h4-10,12H,11,13H2,1-3H3. The van der Waals surface area contributed by atoms with E-state index in [1.165, 1.54) is 23.4 Å². The van der Waals surface area contributed by atoms with Gasteiger partial charge in [-0.05, 0) is 46.9 Å². The van der Waals surface area contributed by atoms with Crippen LogP contribution in [0.5, 0.6) is 0 Å². The van der Waals surface area contributed by atoms with Crippen LogP contribution in [0.2, 0.25) is 5.02 Å². The maximum absolute atomic E-state index is 12.1. The van der Waals surface area contributed by atoms with E-state index in [2.05, 4.69) is 42.1 Å². The number of hydrogen-bond donors (Lipinski definition) is 0. The third-order valence-corrected chi connectivity index (χ3v) is 6.38. The van der Waals surface area contributed by atoms with Crippen molar-refractivity contribution in [3.8, 4) is 0 Å². The van der Waals surface area contributed by atoms with E-state index in [1.54, 1.807) is 22.9 Å². The maximum Gasteiger partial charge on any atom is 0.336 e. The summed E-state index contributed by atoms with van der Waals surface area (Å²) in [5, 5.41) is 10.6. The van der Waals surface area contributed by atoms with Gasteiger partial charge in [0.2, 0.25) is 0 Å². The van der Waals surface area contributed by atoms with E-state index in [0.717, 1.165) is 22.2 Å². The summed E-state index contributed by atoms with van der Waals surface area (Å²) in [6.45, 7) is 6.87. The Morgan fingerprint density at radius 1 is 1.06 bits per heavy atom. The Balaban J connectivity index is 1.36. The second-order valence-corrected chi connectivity index (χ2v) is 10.2. The van der Waals surface area contributed by atoms with Gasteiger partial charge in [0.15, 0.2) is 5.58 Å². The average Bonchev–Trinajstić information content (AvgIpc) is 3.37. The van der Waals surface area contributed by atoms with Crippen LogP contribution in [0.4, 0.5) is 0 Å². The lowest BCUT2D eigenvalue weighted by atomic mass is 9.86. The SMILES string of the molecule is CC(C)(C)c1ccc2oc(=O)cc(Cn3cc(CSc4nc5cc(Cl)ccc5o4)nn3)c2c1. The number of benzene rings is 2. The first-order valence-electron chi connectivity index (χ1n) is 10.4. The molecule has 0 fully saturated rings. The van der Waals surface area contributed by atoms with Crippen molar-refractivity contribution in [2.24, 2.45) is 0 Å². The van der Waals surface area contributed by atoms with Crippen LogP contribution in [-0.2, 0) is 17.7 Å². The first kappa shape index (κ1) is 21.7. The Morgan fingerprint density at radius 3 is 2.70 bits per heavy atom. The van der Waals surface area contributed by atoms with Gasteiger partial charge in [-0.3, -0.25) is 0 Å². The summed E-state index contributed by atoms with van der Waals surface area (Å²) in [5.41, 5.74) is 4.36. The molecule has 9 heteroatoms.